The number of carbonyl (C=O) groups excluding carboxylic acids is 1. The third-order valence-electron chi connectivity index (χ3n) is 11.1. The fourth-order valence-corrected chi connectivity index (χ4v) is 9.86. The number of Topliss-reactive ketones (excluding diaryl/α,β-unsaturated/α-hetero) is 1. The number of fused-ring (bicyclic) bond motifs is 7. The van der Waals surface area contributed by atoms with Crippen molar-refractivity contribution in [3.05, 3.63) is 0 Å². The molecule has 4 nitrogen and oxygen atoms in total. The fraction of sp³-hybridized carbons (Fsp3) is 0.960. The average Bonchev–Trinajstić information content (AvgIpc) is 3.41. The van der Waals surface area contributed by atoms with E-state index in [0.29, 0.717) is 42.4 Å². The minimum absolute atomic E-state index is 0.0903. The average molecular weight is 405 g/mol. The molecule has 0 aromatic heterocycles. The monoisotopic (exact) mass is 404 g/mol. The molecular weight excluding hydrogens is 364 g/mol. The number of ketones is 1. The molecule has 10 atom stereocenters. The van der Waals surface area contributed by atoms with Crippen molar-refractivity contribution < 1.29 is 19.7 Å². The molecule has 5 rings (SSSR count). The zero-order valence-corrected chi connectivity index (χ0v) is 18.7. The van der Waals surface area contributed by atoms with Crippen LogP contribution in [0.1, 0.15) is 78.6 Å². The van der Waals surface area contributed by atoms with Gasteiger partial charge in [-0.05, 0) is 80.5 Å². The SMILES string of the molecule is COC1(CCCO)C2CC2C2C3C(C)CC4(O)CC(=O)CCC4(C)C3CCC21C. The Morgan fingerprint density at radius 3 is 2.62 bits per heavy atom. The molecule has 164 valence electrons. The fourth-order valence-electron chi connectivity index (χ4n) is 9.86. The number of aliphatic hydroxyl groups excluding tert-OH is 1. The number of aliphatic hydroxyl groups is 2. The van der Waals surface area contributed by atoms with Crippen molar-refractivity contribution in [2.24, 2.45) is 46.3 Å². The van der Waals surface area contributed by atoms with Gasteiger partial charge in [-0.1, -0.05) is 20.8 Å². The summed E-state index contributed by atoms with van der Waals surface area (Å²) in [6, 6.07) is 0. The zero-order chi connectivity index (χ0) is 20.8. The van der Waals surface area contributed by atoms with Crippen molar-refractivity contribution in [1.82, 2.24) is 0 Å². The van der Waals surface area contributed by atoms with Crippen molar-refractivity contribution in [2.45, 2.75) is 89.8 Å². The van der Waals surface area contributed by atoms with Crippen LogP contribution in [-0.4, -0.2) is 40.9 Å². The van der Waals surface area contributed by atoms with Gasteiger partial charge in [0, 0.05) is 37.4 Å². The summed E-state index contributed by atoms with van der Waals surface area (Å²) in [7, 11) is 1.91. The zero-order valence-electron chi connectivity index (χ0n) is 18.7. The molecule has 10 unspecified atom stereocenters. The molecular formula is C25H40O4. The third-order valence-corrected chi connectivity index (χ3v) is 11.1. The topological polar surface area (TPSA) is 66.8 Å². The van der Waals surface area contributed by atoms with Crippen LogP contribution in [0.25, 0.3) is 0 Å². The van der Waals surface area contributed by atoms with Crippen LogP contribution < -0.4 is 0 Å². The minimum atomic E-state index is -0.812. The molecule has 5 aliphatic carbocycles. The normalized spacial score (nSPS) is 58.2. The van der Waals surface area contributed by atoms with Crippen LogP contribution in [0.15, 0.2) is 0 Å². The van der Waals surface area contributed by atoms with Crippen LogP contribution in [0.5, 0.6) is 0 Å². The van der Waals surface area contributed by atoms with E-state index >= 15 is 0 Å². The summed E-state index contributed by atoms with van der Waals surface area (Å²) in [6.45, 7) is 7.38. The molecule has 4 heteroatoms. The summed E-state index contributed by atoms with van der Waals surface area (Å²) >= 11 is 0. The second-order valence-corrected chi connectivity index (χ2v) is 11.9. The van der Waals surface area contributed by atoms with Gasteiger partial charge in [-0.3, -0.25) is 4.79 Å². The predicted molar refractivity (Wildman–Crippen MR) is 111 cm³/mol. The number of hydrogen-bond donors (Lipinski definition) is 2. The Hall–Kier alpha value is -0.450. The van der Waals surface area contributed by atoms with E-state index in [1.54, 1.807) is 0 Å². The maximum absolute atomic E-state index is 12.3. The molecule has 5 saturated carbocycles. The Morgan fingerprint density at radius 2 is 1.93 bits per heavy atom. The molecule has 0 radical (unpaired) electrons. The van der Waals surface area contributed by atoms with Gasteiger partial charge in [0.25, 0.3) is 0 Å². The van der Waals surface area contributed by atoms with Crippen molar-refractivity contribution in [3.8, 4) is 0 Å². The highest BCUT2D eigenvalue weighted by atomic mass is 16.5. The number of ether oxygens (including phenoxy) is 1. The highest BCUT2D eigenvalue weighted by molar-refractivity contribution is 5.80. The van der Waals surface area contributed by atoms with E-state index in [1.807, 2.05) is 7.11 Å². The summed E-state index contributed by atoms with van der Waals surface area (Å²) in [5, 5.41) is 21.3. The van der Waals surface area contributed by atoms with Crippen molar-refractivity contribution in [1.29, 1.82) is 0 Å². The summed E-state index contributed by atoms with van der Waals surface area (Å²) in [4.78, 5) is 12.3. The first kappa shape index (κ1) is 20.5. The molecule has 2 N–H and O–H groups in total. The summed E-state index contributed by atoms with van der Waals surface area (Å²) < 4.78 is 6.40. The Morgan fingerprint density at radius 1 is 1.17 bits per heavy atom. The van der Waals surface area contributed by atoms with Crippen LogP contribution in [-0.2, 0) is 9.53 Å². The number of hydrogen-bond acceptors (Lipinski definition) is 4. The van der Waals surface area contributed by atoms with Crippen molar-refractivity contribution in [2.75, 3.05) is 13.7 Å². The molecule has 29 heavy (non-hydrogen) atoms. The quantitative estimate of drug-likeness (QED) is 0.744. The van der Waals surface area contributed by atoms with Gasteiger partial charge in [-0.2, -0.15) is 0 Å². The summed E-state index contributed by atoms with van der Waals surface area (Å²) in [5.41, 5.74) is -0.871. The molecule has 0 bridgehead atoms. The van der Waals surface area contributed by atoms with E-state index < -0.39 is 5.60 Å². The van der Waals surface area contributed by atoms with E-state index in [-0.39, 0.29) is 28.8 Å². The lowest BCUT2D eigenvalue weighted by Gasteiger charge is -2.66. The Balaban J connectivity index is 1.53. The number of methoxy groups -OCH3 is 1. The van der Waals surface area contributed by atoms with Gasteiger partial charge >= 0.3 is 0 Å². The van der Waals surface area contributed by atoms with E-state index in [4.69, 9.17) is 4.74 Å². The Bertz CT molecular complexity index is 707. The van der Waals surface area contributed by atoms with Gasteiger partial charge in [-0.15, -0.1) is 0 Å². The molecule has 0 spiro atoms. The molecule has 5 fully saturated rings. The molecule has 0 amide bonds. The first-order chi connectivity index (χ1) is 13.7. The van der Waals surface area contributed by atoms with E-state index in [2.05, 4.69) is 20.8 Å². The van der Waals surface area contributed by atoms with Gasteiger partial charge < -0.3 is 14.9 Å². The minimum Gasteiger partial charge on any atom is -0.396 e. The van der Waals surface area contributed by atoms with Crippen LogP contribution in [0.4, 0.5) is 0 Å². The van der Waals surface area contributed by atoms with E-state index in [9.17, 15) is 15.0 Å². The van der Waals surface area contributed by atoms with Crippen LogP contribution in [0.3, 0.4) is 0 Å². The molecule has 0 heterocycles. The molecule has 5 aliphatic rings. The highest BCUT2D eigenvalue weighted by Gasteiger charge is 2.78. The van der Waals surface area contributed by atoms with E-state index in [0.717, 1.165) is 44.4 Å². The first-order valence-corrected chi connectivity index (χ1v) is 12.1. The lowest BCUT2D eigenvalue weighted by atomic mass is 9.40. The van der Waals surface area contributed by atoms with Crippen molar-refractivity contribution >= 4 is 5.78 Å². The molecule has 0 aliphatic heterocycles. The predicted octanol–water partition coefficient (Wildman–Crippen LogP) is 3.97. The number of carbonyl (C=O) groups is 1. The highest BCUT2D eigenvalue weighted by Crippen LogP contribution is 2.79. The van der Waals surface area contributed by atoms with Gasteiger partial charge in [0.15, 0.2) is 0 Å². The molecule has 0 aromatic carbocycles. The Kier molecular flexibility index (Phi) is 4.44. The lowest BCUT2D eigenvalue weighted by molar-refractivity contribution is -0.236. The van der Waals surface area contributed by atoms with Gasteiger partial charge in [0.05, 0.1) is 11.2 Å². The summed E-state index contributed by atoms with van der Waals surface area (Å²) in [6.07, 6.45) is 7.99. The van der Waals surface area contributed by atoms with E-state index in [1.165, 1.54) is 6.42 Å². The summed E-state index contributed by atoms with van der Waals surface area (Å²) in [5.74, 6) is 3.86. The van der Waals surface area contributed by atoms with Gasteiger partial charge in [0.1, 0.15) is 5.78 Å². The second-order valence-electron chi connectivity index (χ2n) is 11.9. The first-order valence-electron chi connectivity index (χ1n) is 12.1. The number of rotatable bonds is 4. The maximum atomic E-state index is 12.3. The maximum Gasteiger partial charge on any atom is 0.135 e. The van der Waals surface area contributed by atoms with Gasteiger partial charge in [0.2, 0.25) is 0 Å². The van der Waals surface area contributed by atoms with Crippen LogP contribution in [0.2, 0.25) is 0 Å². The third kappa shape index (κ3) is 2.35. The largest absolute Gasteiger partial charge is 0.396 e. The lowest BCUT2D eigenvalue weighted by Crippen LogP contribution is -2.66. The van der Waals surface area contributed by atoms with Gasteiger partial charge in [-0.25, -0.2) is 0 Å². The van der Waals surface area contributed by atoms with Crippen LogP contribution >= 0.6 is 0 Å². The standard InChI is InChI=1S/C25H40O4/c1-15-13-24(28)14-16(27)6-9-22(24,2)18-7-10-23(3)21(20(15)18)17-12-19(17)25(23,29-4)8-5-11-26/h15,17-21,26,28H,5-14H2,1-4H3. The van der Waals surface area contributed by atoms with Crippen LogP contribution in [0, 0.1) is 46.3 Å². The Labute approximate surface area is 175 Å². The molecule has 0 aromatic rings. The smallest absolute Gasteiger partial charge is 0.135 e. The molecule has 0 saturated heterocycles. The van der Waals surface area contributed by atoms with Crippen molar-refractivity contribution in [3.63, 3.8) is 0 Å². The second kappa shape index (κ2) is 6.29.